The highest BCUT2D eigenvalue weighted by Gasteiger charge is 2.13. The lowest BCUT2D eigenvalue weighted by Crippen LogP contribution is -1.92. The van der Waals surface area contributed by atoms with Gasteiger partial charge in [-0.1, -0.05) is 15.9 Å². The highest BCUT2D eigenvalue weighted by atomic mass is 79.9. The first-order valence-corrected chi connectivity index (χ1v) is 4.12. The minimum Gasteiger partial charge on any atom is -0.454 e. The minimum absolute atomic E-state index is 0.339. The highest BCUT2D eigenvalue weighted by molar-refractivity contribution is 9.10. The van der Waals surface area contributed by atoms with Gasteiger partial charge in [0.25, 0.3) is 0 Å². The number of rotatable bonds is 0. The second kappa shape index (κ2) is 2.41. The van der Waals surface area contributed by atoms with E-state index in [0.29, 0.717) is 6.79 Å². The summed E-state index contributed by atoms with van der Waals surface area (Å²) in [5, 5.41) is 0. The second-order valence-electron chi connectivity index (χ2n) is 2.45. The number of hydrogen-bond acceptors (Lipinski definition) is 2. The Balaban J connectivity index is 2.57. The van der Waals surface area contributed by atoms with Crippen molar-refractivity contribution in [2.75, 3.05) is 6.79 Å². The summed E-state index contributed by atoms with van der Waals surface area (Å²) in [5.74, 6) is 1.66. The number of halogens is 1. The molecular formula is C8H7BrO2. The van der Waals surface area contributed by atoms with Gasteiger partial charge in [-0.15, -0.1) is 0 Å². The number of fused-ring (bicyclic) bond motifs is 1. The molecule has 2 nitrogen and oxygen atoms in total. The largest absolute Gasteiger partial charge is 0.454 e. The molecule has 3 heteroatoms. The first kappa shape index (κ1) is 6.98. The number of hydrogen-bond donors (Lipinski definition) is 0. The number of benzene rings is 1. The molecule has 0 aromatic heterocycles. The van der Waals surface area contributed by atoms with Crippen molar-refractivity contribution in [1.29, 1.82) is 0 Å². The average molecular weight is 215 g/mol. The van der Waals surface area contributed by atoms with Gasteiger partial charge in [-0.25, -0.2) is 0 Å². The van der Waals surface area contributed by atoms with Gasteiger partial charge in [-0.05, 0) is 24.6 Å². The second-order valence-corrected chi connectivity index (χ2v) is 3.31. The molecule has 0 fully saturated rings. The molecule has 0 amide bonds. The molecule has 58 valence electrons. The van der Waals surface area contributed by atoms with Crippen molar-refractivity contribution in [3.8, 4) is 11.5 Å². The van der Waals surface area contributed by atoms with E-state index < -0.39 is 0 Å². The molecule has 2 rings (SSSR count). The molecule has 0 saturated carbocycles. The Morgan fingerprint density at radius 1 is 1.27 bits per heavy atom. The SMILES string of the molecule is Cc1cc2c(cc1Br)OCO2. The fraction of sp³-hybridized carbons (Fsp3) is 0.250. The molecule has 0 N–H and O–H groups in total. The van der Waals surface area contributed by atoms with E-state index in [4.69, 9.17) is 9.47 Å². The first-order chi connectivity index (χ1) is 5.27. The van der Waals surface area contributed by atoms with Crippen molar-refractivity contribution in [3.63, 3.8) is 0 Å². The van der Waals surface area contributed by atoms with Crippen LogP contribution in [0.1, 0.15) is 5.56 Å². The first-order valence-electron chi connectivity index (χ1n) is 3.33. The van der Waals surface area contributed by atoms with Crippen molar-refractivity contribution in [2.24, 2.45) is 0 Å². The molecule has 0 unspecified atom stereocenters. The van der Waals surface area contributed by atoms with Crippen LogP contribution in [0.25, 0.3) is 0 Å². The number of ether oxygens (including phenoxy) is 2. The van der Waals surface area contributed by atoms with E-state index in [1.165, 1.54) is 0 Å². The third-order valence-electron chi connectivity index (χ3n) is 1.65. The van der Waals surface area contributed by atoms with Crippen LogP contribution in [0.4, 0.5) is 0 Å². The van der Waals surface area contributed by atoms with Crippen LogP contribution in [0.15, 0.2) is 16.6 Å². The van der Waals surface area contributed by atoms with E-state index in [-0.39, 0.29) is 0 Å². The van der Waals surface area contributed by atoms with E-state index in [1.54, 1.807) is 0 Å². The fourth-order valence-electron chi connectivity index (χ4n) is 1.02. The van der Waals surface area contributed by atoms with Gasteiger partial charge in [0.05, 0.1) is 0 Å². The lowest BCUT2D eigenvalue weighted by Gasteiger charge is -1.99. The molecule has 0 bridgehead atoms. The summed E-state index contributed by atoms with van der Waals surface area (Å²) in [7, 11) is 0. The summed E-state index contributed by atoms with van der Waals surface area (Å²) in [6.07, 6.45) is 0. The Morgan fingerprint density at radius 2 is 1.91 bits per heavy atom. The van der Waals surface area contributed by atoms with Gasteiger partial charge in [0.15, 0.2) is 11.5 Å². The van der Waals surface area contributed by atoms with E-state index in [2.05, 4.69) is 15.9 Å². The van der Waals surface area contributed by atoms with Gasteiger partial charge >= 0.3 is 0 Å². The molecular weight excluding hydrogens is 208 g/mol. The third-order valence-corrected chi connectivity index (χ3v) is 2.51. The molecule has 0 atom stereocenters. The Kier molecular flexibility index (Phi) is 1.53. The van der Waals surface area contributed by atoms with Crippen LogP contribution < -0.4 is 9.47 Å². The standard InChI is InChI=1S/C8H7BrO2/c1-5-2-7-8(3-6(5)9)11-4-10-7/h2-3H,4H2,1H3. The van der Waals surface area contributed by atoms with Crippen molar-refractivity contribution in [1.82, 2.24) is 0 Å². The lowest BCUT2D eigenvalue weighted by atomic mass is 10.2. The van der Waals surface area contributed by atoms with Gasteiger partial charge in [0, 0.05) is 4.47 Å². The molecule has 11 heavy (non-hydrogen) atoms. The summed E-state index contributed by atoms with van der Waals surface area (Å²) < 4.78 is 11.4. The van der Waals surface area contributed by atoms with E-state index >= 15 is 0 Å². The molecule has 0 aliphatic carbocycles. The topological polar surface area (TPSA) is 18.5 Å². The fourth-order valence-corrected chi connectivity index (χ4v) is 1.34. The van der Waals surface area contributed by atoms with Crippen LogP contribution in [-0.4, -0.2) is 6.79 Å². The summed E-state index contributed by atoms with van der Waals surface area (Å²) in [6.45, 7) is 2.36. The normalized spacial score (nSPS) is 13.6. The van der Waals surface area contributed by atoms with Crippen molar-refractivity contribution in [3.05, 3.63) is 22.2 Å². The zero-order valence-electron chi connectivity index (χ0n) is 6.06. The average Bonchev–Trinajstić information content (AvgIpc) is 2.36. The quantitative estimate of drug-likeness (QED) is 0.661. The molecule has 0 spiro atoms. The molecule has 1 aliphatic heterocycles. The van der Waals surface area contributed by atoms with Gasteiger partial charge < -0.3 is 9.47 Å². The van der Waals surface area contributed by atoms with E-state index in [0.717, 1.165) is 21.5 Å². The molecule has 1 aromatic rings. The van der Waals surface area contributed by atoms with Gasteiger partial charge in [0.1, 0.15) is 0 Å². The molecule has 1 aromatic carbocycles. The molecule has 1 heterocycles. The van der Waals surface area contributed by atoms with E-state index in [9.17, 15) is 0 Å². The van der Waals surface area contributed by atoms with Crippen molar-refractivity contribution >= 4 is 15.9 Å². The Hall–Kier alpha value is -0.700. The van der Waals surface area contributed by atoms with Crippen LogP contribution in [0, 0.1) is 6.92 Å². The van der Waals surface area contributed by atoms with Crippen LogP contribution in [0.3, 0.4) is 0 Å². The predicted molar refractivity (Wildman–Crippen MR) is 45.0 cm³/mol. The summed E-state index contributed by atoms with van der Waals surface area (Å²) in [6, 6.07) is 3.89. The third kappa shape index (κ3) is 1.09. The van der Waals surface area contributed by atoms with Crippen molar-refractivity contribution in [2.45, 2.75) is 6.92 Å². The molecule has 0 radical (unpaired) electrons. The van der Waals surface area contributed by atoms with E-state index in [1.807, 2.05) is 19.1 Å². The van der Waals surface area contributed by atoms with Crippen LogP contribution in [-0.2, 0) is 0 Å². The smallest absolute Gasteiger partial charge is 0.231 e. The monoisotopic (exact) mass is 214 g/mol. The zero-order chi connectivity index (χ0) is 7.84. The maximum atomic E-state index is 5.19. The summed E-state index contributed by atoms with van der Waals surface area (Å²) in [4.78, 5) is 0. The van der Waals surface area contributed by atoms with Crippen LogP contribution >= 0.6 is 15.9 Å². The lowest BCUT2D eigenvalue weighted by molar-refractivity contribution is 0.174. The highest BCUT2D eigenvalue weighted by Crippen LogP contribution is 2.36. The summed E-state index contributed by atoms with van der Waals surface area (Å²) in [5.41, 5.74) is 1.16. The van der Waals surface area contributed by atoms with Gasteiger partial charge in [-0.3, -0.25) is 0 Å². The Labute approximate surface area is 73.3 Å². The Bertz CT molecular complexity index is 267. The summed E-state index contributed by atoms with van der Waals surface area (Å²) >= 11 is 3.41. The zero-order valence-corrected chi connectivity index (χ0v) is 7.64. The number of aryl methyl sites for hydroxylation is 1. The predicted octanol–water partition coefficient (Wildman–Crippen LogP) is 2.49. The molecule has 1 aliphatic rings. The molecule has 0 saturated heterocycles. The van der Waals surface area contributed by atoms with Gasteiger partial charge in [0.2, 0.25) is 6.79 Å². The maximum Gasteiger partial charge on any atom is 0.231 e. The van der Waals surface area contributed by atoms with Crippen LogP contribution in [0.5, 0.6) is 11.5 Å². The Morgan fingerprint density at radius 3 is 2.64 bits per heavy atom. The van der Waals surface area contributed by atoms with Crippen LogP contribution in [0.2, 0.25) is 0 Å². The van der Waals surface area contributed by atoms with Crippen molar-refractivity contribution < 1.29 is 9.47 Å². The minimum atomic E-state index is 0.339. The maximum absolute atomic E-state index is 5.19. The van der Waals surface area contributed by atoms with Gasteiger partial charge in [-0.2, -0.15) is 0 Å².